The molecule has 2 aromatic heterocycles. The van der Waals surface area contributed by atoms with Crippen molar-refractivity contribution in [2.75, 3.05) is 17.8 Å². The molecule has 5 rings (SSSR count). The molecule has 3 aromatic rings. The molecule has 10 heteroatoms. The fourth-order valence-corrected chi connectivity index (χ4v) is 6.50. The molecule has 1 amide bonds. The lowest BCUT2D eigenvalue weighted by molar-refractivity contribution is 0.0270. The van der Waals surface area contributed by atoms with Crippen molar-refractivity contribution in [1.82, 2.24) is 14.9 Å². The van der Waals surface area contributed by atoms with E-state index < -0.39 is 15.6 Å². The summed E-state index contributed by atoms with van der Waals surface area (Å²) < 4.78 is 33.5. The number of hydrogen-bond donors (Lipinski definition) is 1. The van der Waals surface area contributed by atoms with Crippen molar-refractivity contribution in [1.29, 1.82) is 0 Å². The number of sulfonamides is 1. The first-order valence-electron chi connectivity index (χ1n) is 11.6. The van der Waals surface area contributed by atoms with Gasteiger partial charge in [-0.3, -0.25) is 4.72 Å². The highest BCUT2D eigenvalue weighted by Crippen LogP contribution is 2.37. The average Bonchev–Trinajstić information content (AvgIpc) is 3.58. The number of carbonyl (C=O) groups excluding carboxylic acids is 1. The van der Waals surface area contributed by atoms with E-state index in [0.717, 1.165) is 45.6 Å². The van der Waals surface area contributed by atoms with Crippen molar-refractivity contribution < 1.29 is 17.9 Å². The summed E-state index contributed by atoms with van der Waals surface area (Å²) in [6, 6.07) is 9.37. The monoisotopic (exact) mass is 512 g/mol. The Hall–Kier alpha value is -2.98. The molecule has 1 N–H and O–H groups in total. The fourth-order valence-electron chi connectivity index (χ4n) is 3.93. The van der Waals surface area contributed by atoms with Crippen LogP contribution in [-0.4, -0.2) is 53.3 Å². The van der Waals surface area contributed by atoms with Gasteiger partial charge in [0.2, 0.25) is 10.0 Å². The molecule has 1 fully saturated rings. The Morgan fingerprint density at radius 3 is 2.54 bits per heavy atom. The molecule has 3 heterocycles. The predicted molar refractivity (Wildman–Crippen MR) is 139 cm³/mol. The SMILES string of the molecule is CC(C)(C)OC(=O)N1CC=C(c2cc3ncnc(-c4ccc(NS(=O)(=O)C5CC5)cc4)c3s2)CC1. The summed E-state index contributed by atoms with van der Waals surface area (Å²) in [5, 5.41) is -0.265. The summed E-state index contributed by atoms with van der Waals surface area (Å²) in [6.07, 6.45) is 5.53. The van der Waals surface area contributed by atoms with E-state index >= 15 is 0 Å². The molecular formula is C25H28N4O4S2. The van der Waals surface area contributed by atoms with Crippen molar-refractivity contribution in [2.24, 2.45) is 0 Å². The topological polar surface area (TPSA) is 101 Å². The first kappa shape index (κ1) is 23.7. The largest absolute Gasteiger partial charge is 0.444 e. The van der Waals surface area contributed by atoms with Gasteiger partial charge in [0.25, 0.3) is 0 Å². The molecule has 184 valence electrons. The van der Waals surface area contributed by atoms with E-state index in [1.807, 2.05) is 32.9 Å². The Labute approximate surface area is 209 Å². The van der Waals surface area contributed by atoms with Gasteiger partial charge in [-0.25, -0.2) is 23.2 Å². The van der Waals surface area contributed by atoms with Crippen LogP contribution in [0.25, 0.3) is 27.0 Å². The van der Waals surface area contributed by atoms with Crippen LogP contribution >= 0.6 is 11.3 Å². The van der Waals surface area contributed by atoms with Crippen molar-refractivity contribution >= 4 is 48.9 Å². The molecule has 1 aliphatic carbocycles. The van der Waals surface area contributed by atoms with Gasteiger partial charge < -0.3 is 9.64 Å². The molecule has 35 heavy (non-hydrogen) atoms. The van der Waals surface area contributed by atoms with Crippen molar-refractivity contribution in [3.8, 4) is 11.3 Å². The molecular weight excluding hydrogens is 484 g/mol. The molecule has 0 atom stereocenters. The number of fused-ring (bicyclic) bond motifs is 1. The van der Waals surface area contributed by atoms with Crippen LogP contribution in [0.5, 0.6) is 0 Å². The number of thiophene rings is 1. The number of nitrogens with one attached hydrogen (secondary N) is 1. The van der Waals surface area contributed by atoms with Crippen LogP contribution in [0.2, 0.25) is 0 Å². The first-order valence-corrected chi connectivity index (χ1v) is 14.0. The molecule has 0 saturated heterocycles. The number of nitrogens with zero attached hydrogens (tertiary/aromatic N) is 3. The van der Waals surface area contributed by atoms with Crippen molar-refractivity contribution in [2.45, 2.75) is 50.9 Å². The van der Waals surface area contributed by atoms with E-state index in [2.05, 4.69) is 26.8 Å². The second-order valence-electron chi connectivity index (χ2n) is 9.88. The molecule has 1 aromatic carbocycles. The second kappa shape index (κ2) is 8.91. The third-order valence-corrected chi connectivity index (χ3v) is 8.95. The molecule has 0 bridgehead atoms. The smallest absolute Gasteiger partial charge is 0.410 e. The van der Waals surface area contributed by atoms with Gasteiger partial charge in [-0.15, -0.1) is 11.3 Å². The number of amides is 1. The van der Waals surface area contributed by atoms with Crippen LogP contribution in [0, 0.1) is 0 Å². The standard InChI is InChI=1S/C25H28N4O4S2/c1-25(2,3)33-24(30)29-12-10-16(11-13-29)21-14-20-23(34-21)22(27-15-26-20)17-4-6-18(7-5-17)28-35(31,32)19-8-9-19/h4-7,10,14-15,19,28H,8-9,11-13H2,1-3H3. The number of carbonyl (C=O) groups is 1. The fraction of sp³-hybridized carbons (Fsp3) is 0.400. The predicted octanol–water partition coefficient (Wildman–Crippen LogP) is 5.29. The van der Waals surface area contributed by atoms with E-state index in [9.17, 15) is 13.2 Å². The third-order valence-electron chi connectivity index (χ3n) is 5.87. The van der Waals surface area contributed by atoms with Crippen LogP contribution in [0.15, 0.2) is 42.7 Å². The summed E-state index contributed by atoms with van der Waals surface area (Å²) in [5.41, 5.74) is 3.80. The third kappa shape index (κ3) is 5.33. The minimum atomic E-state index is -3.29. The molecule has 2 aliphatic rings. The number of hydrogen-bond acceptors (Lipinski definition) is 7. The second-order valence-corrected chi connectivity index (χ2v) is 12.9. The molecule has 1 aliphatic heterocycles. The van der Waals surface area contributed by atoms with Crippen molar-refractivity contribution in [3.63, 3.8) is 0 Å². The van der Waals surface area contributed by atoms with E-state index in [0.29, 0.717) is 18.8 Å². The van der Waals surface area contributed by atoms with Gasteiger partial charge >= 0.3 is 6.09 Å². The lowest BCUT2D eigenvalue weighted by atomic mass is 10.1. The molecule has 0 unspecified atom stereocenters. The van der Waals surface area contributed by atoms with Crippen LogP contribution < -0.4 is 4.72 Å². The highest BCUT2D eigenvalue weighted by Gasteiger charge is 2.35. The Bertz CT molecular complexity index is 1400. The summed E-state index contributed by atoms with van der Waals surface area (Å²) >= 11 is 1.63. The Balaban J connectivity index is 1.35. The molecule has 1 saturated carbocycles. The van der Waals surface area contributed by atoms with Crippen LogP contribution in [0.1, 0.15) is 44.9 Å². The number of anilines is 1. The minimum Gasteiger partial charge on any atom is -0.444 e. The average molecular weight is 513 g/mol. The zero-order chi connectivity index (χ0) is 24.8. The van der Waals surface area contributed by atoms with Gasteiger partial charge in [0.05, 0.1) is 21.2 Å². The zero-order valence-electron chi connectivity index (χ0n) is 19.9. The van der Waals surface area contributed by atoms with Crippen molar-refractivity contribution in [3.05, 3.63) is 47.6 Å². The maximum Gasteiger partial charge on any atom is 0.410 e. The highest BCUT2D eigenvalue weighted by atomic mass is 32.2. The van der Waals surface area contributed by atoms with E-state index in [4.69, 9.17) is 4.74 Å². The zero-order valence-corrected chi connectivity index (χ0v) is 21.6. The number of benzene rings is 1. The quantitative estimate of drug-likeness (QED) is 0.499. The number of aromatic nitrogens is 2. The molecule has 0 spiro atoms. The van der Waals surface area contributed by atoms with Gasteiger partial charge in [0.15, 0.2) is 0 Å². The minimum absolute atomic E-state index is 0.265. The number of rotatable bonds is 5. The summed E-state index contributed by atoms with van der Waals surface area (Å²) in [7, 11) is -3.29. The molecule has 0 radical (unpaired) electrons. The Morgan fingerprint density at radius 1 is 1.17 bits per heavy atom. The van der Waals surface area contributed by atoms with Crippen LogP contribution in [-0.2, 0) is 14.8 Å². The van der Waals surface area contributed by atoms with Crippen LogP contribution in [0.3, 0.4) is 0 Å². The summed E-state index contributed by atoms with van der Waals surface area (Å²) in [6.45, 7) is 6.71. The van der Waals surface area contributed by atoms with E-state index in [-0.39, 0.29) is 11.3 Å². The van der Waals surface area contributed by atoms with Gasteiger partial charge in [0.1, 0.15) is 11.9 Å². The number of ether oxygens (including phenoxy) is 1. The normalized spacial score (nSPS) is 16.8. The Kier molecular flexibility index (Phi) is 6.04. The van der Waals surface area contributed by atoms with E-state index in [1.165, 1.54) is 5.57 Å². The Morgan fingerprint density at radius 2 is 1.91 bits per heavy atom. The summed E-state index contributed by atoms with van der Waals surface area (Å²) in [5.74, 6) is 0. The van der Waals surface area contributed by atoms with Crippen LogP contribution in [0.4, 0.5) is 10.5 Å². The lowest BCUT2D eigenvalue weighted by Gasteiger charge is -2.29. The van der Waals surface area contributed by atoms with Gasteiger partial charge in [0, 0.05) is 29.2 Å². The lowest BCUT2D eigenvalue weighted by Crippen LogP contribution is -2.39. The van der Waals surface area contributed by atoms with Gasteiger partial charge in [-0.05, 0) is 63.8 Å². The van der Waals surface area contributed by atoms with Gasteiger partial charge in [-0.2, -0.15) is 0 Å². The highest BCUT2D eigenvalue weighted by molar-refractivity contribution is 7.93. The first-order chi connectivity index (χ1) is 16.6. The summed E-state index contributed by atoms with van der Waals surface area (Å²) in [4.78, 5) is 24.2. The van der Waals surface area contributed by atoms with E-state index in [1.54, 1.807) is 34.7 Å². The maximum atomic E-state index is 12.4. The molecule has 8 nitrogen and oxygen atoms in total. The van der Waals surface area contributed by atoms with Gasteiger partial charge in [-0.1, -0.05) is 18.2 Å². The maximum absolute atomic E-state index is 12.4.